The maximum absolute atomic E-state index is 11.8. The molecule has 0 aliphatic rings. The number of nitrogens with zero attached hydrogens (tertiary/aromatic N) is 4. The molecule has 3 aromatic rings. The predicted molar refractivity (Wildman–Crippen MR) is 106 cm³/mol. The Kier molecular flexibility index (Phi) is 6.48. The Balaban J connectivity index is 1.72. The Morgan fingerprint density at radius 2 is 1.86 bits per heavy atom. The number of hydrogen-bond donors (Lipinski definition) is 4. The minimum Gasteiger partial charge on any atom is -0.364 e. The summed E-state index contributed by atoms with van der Waals surface area (Å²) in [4.78, 5) is 40.1. The summed E-state index contributed by atoms with van der Waals surface area (Å²) in [6.07, 6.45) is 2.89. The van der Waals surface area contributed by atoms with Gasteiger partial charge in [0.1, 0.15) is 11.8 Å². The smallest absolute Gasteiger partial charge is 0.340 e. The van der Waals surface area contributed by atoms with Crippen LogP contribution in [0.4, 0.5) is 5.82 Å². The van der Waals surface area contributed by atoms with E-state index in [2.05, 4.69) is 20.3 Å². The van der Waals surface area contributed by atoms with Crippen molar-refractivity contribution in [1.82, 2.24) is 19.5 Å². The molecule has 2 heterocycles. The Morgan fingerprint density at radius 1 is 1.14 bits per heavy atom. The van der Waals surface area contributed by atoms with Crippen molar-refractivity contribution in [2.75, 3.05) is 17.8 Å². The van der Waals surface area contributed by atoms with Gasteiger partial charge in [0, 0.05) is 6.54 Å². The number of benzene rings is 1. The highest BCUT2D eigenvalue weighted by Crippen LogP contribution is 2.55. The zero-order valence-electron chi connectivity index (χ0n) is 15.5. The molecule has 0 bridgehead atoms. The van der Waals surface area contributed by atoms with Crippen LogP contribution in [0.5, 0.6) is 0 Å². The molecule has 2 unspecified atom stereocenters. The number of nitrogens with one attached hydrogen (secondary N) is 1. The first-order valence-electron chi connectivity index (χ1n) is 8.61. The van der Waals surface area contributed by atoms with Crippen molar-refractivity contribution >= 4 is 32.2 Å². The lowest BCUT2D eigenvalue weighted by molar-refractivity contribution is 0.226. The van der Waals surface area contributed by atoms with Crippen LogP contribution in [-0.4, -0.2) is 46.7 Å². The summed E-state index contributed by atoms with van der Waals surface area (Å²) in [5.74, 6) is -0.687. The molecule has 0 saturated heterocycles. The average Bonchev–Trinajstić information content (AvgIpc) is 3.08. The van der Waals surface area contributed by atoms with Gasteiger partial charge in [0.2, 0.25) is 0 Å². The van der Waals surface area contributed by atoms with Crippen molar-refractivity contribution in [1.29, 1.82) is 0 Å². The summed E-state index contributed by atoms with van der Waals surface area (Å²) in [6.45, 7) is 2.00. The van der Waals surface area contributed by atoms with E-state index in [4.69, 9.17) is 14.3 Å². The highest BCUT2D eigenvalue weighted by atomic mass is 31.2. The first-order valence-corrected chi connectivity index (χ1v) is 12.2. The van der Waals surface area contributed by atoms with E-state index in [1.165, 1.54) is 12.7 Å². The van der Waals surface area contributed by atoms with E-state index in [1.807, 2.05) is 30.3 Å². The minimum absolute atomic E-state index is 0.254. The molecule has 0 aliphatic carbocycles. The van der Waals surface area contributed by atoms with Crippen molar-refractivity contribution in [2.45, 2.75) is 19.5 Å². The Bertz CT molecular complexity index is 1070. The highest BCUT2D eigenvalue weighted by Gasteiger charge is 2.31. The molecule has 1 aromatic carbocycles. The molecular formula is C16H21N5O6P2. The summed E-state index contributed by atoms with van der Waals surface area (Å²) >= 11 is 0. The van der Waals surface area contributed by atoms with Crippen LogP contribution in [0.1, 0.15) is 18.5 Å². The monoisotopic (exact) mass is 441 g/mol. The lowest BCUT2D eigenvalue weighted by Crippen LogP contribution is -2.12. The Morgan fingerprint density at radius 3 is 2.55 bits per heavy atom. The summed E-state index contributed by atoms with van der Waals surface area (Å²) in [6, 6.07) is 9.31. The average molecular weight is 441 g/mol. The third-order valence-corrected chi connectivity index (χ3v) is 7.47. The van der Waals surface area contributed by atoms with Gasteiger partial charge in [-0.05, 0) is 12.5 Å². The zero-order valence-corrected chi connectivity index (χ0v) is 17.3. The second-order valence-electron chi connectivity index (χ2n) is 6.47. The second-order valence-corrected chi connectivity index (χ2v) is 10.5. The molecule has 29 heavy (non-hydrogen) atoms. The first-order chi connectivity index (χ1) is 13.6. The van der Waals surface area contributed by atoms with Gasteiger partial charge in [-0.3, -0.25) is 9.13 Å². The third kappa shape index (κ3) is 5.93. The molecule has 13 heteroatoms. The van der Waals surface area contributed by atoms with Crippen LogP contribution in [0.15, 0.2) is 43.0 Å². The van der Waals surface area contributed by atoms with Crippen molar-refractivity contribution < 1.29 is 28.3 Å². The quantitative estimate of drug-likeness (QED) is 0.363. The van der Waals surface area contributed by atoms with Crippen molar-refractivity contribution in [3.8, 4) is 0 Å². The van der Waals surface area contributed by atoms with Gasteiger partial charge < -0.3 is 29.1 Å². The fourth-order valence-corrected chi connectivity index (χ4v) is 5.30. The van der Waals surface area contributed by atoms with Crippen LogP contribution in [0.3, 0.4) is 0 Å². The summed E-state index contributed by atoms with van der Waals surface area (Å²) in [5.41, 5.74) is 2.09. The van der Waals surface area contributed by atoms with Crippen LogP contribution in [0, 0.1) is 0 Å². The number of anilines is 1. The molecule has 156 valence electrons. The van der Waals surface area contributed by atoms with Gasteiger partial charge in [-0.1, -0.05) is 30.3 Å². The highest BCUT2D eigenvalue weighted by molar-refractivity contribution is 7.70. The van der Waals surface area contributed by atoms with Crippen LogP contribution in [0.25, 0.3) is 11.2 Å². The lowest BCUT2D eigenvalue weighted by atomic mass is 10.2. The number of imidazole rings is 1. The molecule has 0 aliphatic heterocycles. The number of aromatic nitrogens is 4. The van der Waals surface area contributed by atoms with E-state index in [0.717, 1.165) is 5.56 Å². The minimum atomic E-state index is -4.67. The maximum Gasteiger partial charge on any atom is 0.340 e. The predicted octanol–water partition coefficient (Wildman–Crippen LogP) is 2.34. The van der Waals surface area contributed by atoms with Gasteiger partial charge in [-0.25, -0.2) is 15.0 Å². The normalized spacial score (nSPS) is 15.2. The second kappa shape index (κ2) is 8.71. The van der Waals surface area contributed by atoms with E-state index in [1.54, 1.807) is 11.5 Å². The fraction of sp³-hybridized carbons (Fsp3) is 0.312. The van der Waals surface area contributed by atoms with Crippen molar-refractivity contribution in [2.24, 2.45) is 0 Å². The molecule has 11 nitrogen and oxygen atoms in total. The number of fused-ring (bicyclic) bond motifs is 1. The van der Waals surface area contributed by atoms with Crippen molar-refractivity contribution in [3.63, 3.8) is 0 Å². The lowest BCUT2D eigenvalue weighted by Gasteiger charge is -2.17. The largest absolute Gasteiger partial charge is 0.364 e. The van der Waals surface area contributed by atoms with E-state index in [-0.39, 0.29) is 6.61 Å². The zero-order chi connectivity index (χ0) is 21.1. The van der Waals surface area contributed by atoms with Crippen LogP contribution >= 0.6 is 15.2 Å². The molecule has 3 rings (SSSR count). The van der Waals surface area contributed by atoms with Crippen LogP contribution in [-0.2, 0) is 20.2 Å². The van der Waals surface area contributed by atoms with E-state index in [0.29, 0.717) is 23.5 Å². The van der Waals surface area contributed by atoms with Crippen LogP contribution < -0.4 is 5.32 Å². The van der Waals surface area contributed by atoms with Gasteiger partial charge in [-0.15, -0.1) is 0 Å². The fourth-order valence-electron chi connectivity index (χ4n) is 2.66. The third-order valence-electron chi connectivity index (χ3n) is 4.02. The molecule has 0 fully saturated rings. The Hall–Kier alpha value is -2.13. The topological polar surface area (TPSA) is 160 Å². The molecule has 2 aromatic heterocycles. The van der Waals surface area contributed by atoms with Gasteiger partial charge in [-0.2, -0.15) is 0 Å². The SMILES string of the molecule is CC(COP(=O)(O)CP(=O)(O)O)n1cnc2c(NCc3ccccc3)ncnc21. The molecule has 0 amide bonds. The summed E-state index contributed by atoms with van der Waals surface area (Å²) in [7, 11) is -9.10. The summed E-state index contributed by atoms with van der Waals surface area (Å²) < 4.78 is 29.3. The van der Waals surface area contributed by atoms with Crippen LogP contribution in [0.2, 0.25) is 0 Å². The maximum atomic E-state index is 11.8. The molecule has 2 atom stereocenters. The molecule has 0 saturated carbocycles. The van der Waals surface area contributed by atoms with Gasteiger partial charge in [0.15, 0.2) is 17.4 Å². The first kappa shape index (κ1) is 21.6. The van der Waals surface area contributed by atoms with Gasteiger partial charge in [0.25, 0.3) is 0 Å². The number of hydrogen-bond acceptors (Lipinski definition) is 7. The van der Waals surface area contributed by atoms with Gasteiger partial charge in [0.05, 0.1) is 19.0 Å². The standard InChI is InChI=1S/C16H21N5O6P2/c1-12(8-27-29(25,26)11-28(22,23)24)21-10-20-14-15(18-9-19-16(14)21)17-7-13-5-3-2-4-6-13/h2-6,9-10,12H,7-8,11H2,1H3,(H,25,26)(H,17,18,19)(H2,22,23,24). The van der Waals surface area contributed by atoms with E-state index >= 15 is 0 Å². The van der Waals surface area contributed by atoms with E-state index < -0.39 is 27.1 Å². The van der Waals surface area contributed by atoms with Crippen molar-refractivity contribution in [3.05, 3.63) is 48.5 Å². The molecule has 0 spiro atoms. The van der Waals surface area contributed by atoms with E-state index in [9.17, 15) is 14.0 Å². The number of rotatable bonds is 9. The molecular weight excluding hydrogens is 420 g/mol. The molecule has 0 radical (unpaired) electrons. The molecule has 4 N–H and O–H groups in total. The summed E-state index contributed by atoms with van der Waals surface area (Å²) in [5, 5.41) is 3.21. The van der Waals surface area contributed by atoms with Gasteiger partial charge >= 0.3 is 15.2 Å². The Labute approximate surface area is 166 Å².